The minimum absolute atomic E-state index is 0. The highest BCUT2D eigenvalue weighted by atomic mass is 35.5. The Labute approximate surface area is 185 Å². The Morgan fingerprint density at radius 2 is 2.00 bits per heavy atom. The highest BCUT2D eigenvalue weighted by molar-refractivity contribution is 6.31. The van der Waals surface area contributed by atoms with E-state index in [4.69, 9.17) is 38.6 Å². The van der Waals surface area contributed by atoms with Gasteiger partial charge in [-0.3, -0.25) is 15.1 Å². The number of amides is 1. The fourth-order valence-electron chi connectivity index (χ4n) is 2.42. The van der Waals surface area contributed by atoms with Crippen molar-refractivity contribution in [2.24, 2.45) is 10.7 Å². The van der Waals surface area contributed by atoms with Crippen molar-refractivity contribution in [1.82, 2.24) is 15.3 Å². The molecule has 0 aliphatic carbocycles. The van der Waals surface area contributed by atoms with Gasteiger partial charge in [0, 0.05) is 6.54 Å². The highest BCUT2D eigenvalue weighted by Gasteiger charge is 2.16. The summed E-state index contributed by atoms with van der Waals surface area (Å²) in [6.07, 6.45) is 2.49. The largest absolute Gasteiger partial charge is 0.491 e. The average Bonchev–Trinajstić information content (AvgIpc) is 2.69. The van der Waals surface area contributed by atoms with Crippen LogP contribution in [-0.2, 0) is 6.42 Å². The van der Waals surface area contributed by atoms with E-state index in [-0.39, 0.29) is 54.1 Å². The highest BCUT2D eigenvalue weighted by Crippen LogP contribution is 2.17. The number of nitrogens with zero attached hydrogens (tertiary/aromatic N) is 3. The number of aliphatic imine (C=N–C) groups is 1. The molecule has 164 valence electrons. The van der Waals surface area contributed by atoms with Crippen LogP contribution in [0.3, 0.4) is 0 Å². The first kappa shape index (κ1) is 25.2. The number of hydrogen-bond acceptors (Lipinski definition) is 8. The molecule has 1 amide bonds. The Hall–Kier alpha value is -2.82. The molecular formula is C18H25Cl2N7O3. The number of benzene rings is 1. The summed E-state index contributed by atoms with van der Waals surface area (Å²) >= 11 is 5.76. The lowest BCUT2D eigenvalue weighted by Crippen LogP contribution is -2.38. The number of anilines is 2. The van der Waals surface area contributed by atoms with Crippen LogP contribution in [-0.4, -0.2) is 46.7 Å². The van der Waals surface area contributed by atoms with E-state index in [1.807, 2.05) is 24.3 Å². The van der Waals surface area contributed by atoms with E-state index < -0.39 is 5.91 Å². The lowest BCUT2D eigenvalue weighted by atomic mass is 10.1. The first-order chi connectivity index (χ1) is 13.9. The Balaban J connectivity index is 0.00000450. The number of halogens is 2. The van der Waals surface area contributed by atoms with E-state index in [0.717, 1.165) is 30.6 Å². The van der Waals surface area contributed by atoms with Gasteiger partial charge in [0.25, 0.3) is 5.91 Å². The van der Waals surface area contributed by atoms with Crippen molar-refractivity contribution >= 4 is 47.5 Å². The molecule has 10 nitrogen and oxygen atoms in total. The zero-order chi connectivity index (χ0) is 21.2. The van der Waals surface area contributed by atoms with E-state index in [2.05, 4.69) is 20.3 Å². The van der Waals surface area contributed by atoms with Gasteiger partial charge in [0.15, 0.2) is 28.4 Å². The van der Waals surface area contributed by atoms with E-state index in [0.29, 0.717) is 6.54 Å². The van der Waals surface area contributed by atoms with Gasteiger partial charge in [-0.15, -0.1) is 12.4 Å². The molecule has 2 rings (SSSR count). The molecule has 0 radical (unpaired) electrons. The number of aromatic nitrogens is 2. The van der Waals surface area contributed by atoms with Gasteiger partial charge in [0.05, 0.1) is 6.61 Å². The maximum atomic E-state index is 12.1. The zero-order valence-corrected chi connectivity index (χ0v) is 17.7. The summed E-state index contributed by atoms with van der Waals surface area (Å²) < 4.78 is 5.39. The van der Waals surface area contributed by atoms with Gasteiger partial charge in [0.2, 0.25) is 0 Å². The minimum atomic E-state index is -0.669. The third kappa shape index (κ3) is 7.90. The van der Waals surface area contributed by atoms with Crippen molar-refractivity contribution in [3.05, 3.63) is 40.7 Å². The topological polar surface area (TPSA) is 175 Å². The normalized spacial score (nSPS) is 10.9. The summed E-state index contributed by atoms with van der Waals surface area (Å²) in [5, 5.41) is 11.1. The Bertz CT molecular complexity index is 881. The van der Waals surface area contributed by atoms with E-state index in [9.17, 15) is 4.79 Å². The summed E-state index contributed by atoms with van der Waals surface area (Å²) in [6, 6.07) is 7.70. The van der Waals surface area contributed by atoms with E-state index in [1.165, 1.54) is 0 Å². The second-order valence-corrected chi connectivity index (χ2v) is 6.39. The number of nitrogen functional groups attached to an aromatic ring is 2. The molecule has 1 aromatic carbocycles. The number of carbonyl (C=O) groups is 1. The Kier molecular flexibility index (Phi) is 10.7. The van der Waals surface area contributed by atoms with Gasteiger partial charge < -0.3 is 27.0 Å². The van der Waals surface area contributed by atoms with E-state index in [1.54, 1.807) is 0 Å². The SMILES string of the molecule is Cl.NC(=NCCCCc1cccc(OCCO)c1)NC(=O)c1nc(Cl)c(N)nc1N. The summed E-state index contributed by atoms with van der Waals surface area (Å²) in [7, 11) is 0. The minimum Gasteiger partial charge on any atom is -0.491 e. The van der Waals surface area contributed by atoms with Crippen molar-refractivity contribution in [1.29, 1.82) is 0 Å². The molecule has 30 heavy (non-hydrogen) atoms. The summed E-state index contributed by atoms with van der Waals surface area (Å²) in [5.74, 6) is -0.205. The predicted molar refractivity (Wildman–Crippen MR) is 119 cm³/mol. The summed E-state index contributed by atoms with van der Waals surface area (Å²) in [6.45, 7) is 0.685. The number of nitrogens with two attached hydrogens (primary N) is 3. The van der Waals surface area contributed by atoms with Gasteiger partial charge in [-0.1, -0.05) is 23.7 Å². The molecule has 2 aromatic rings. The summed E-state index contributed by atoms with van der Waals surface area (Å²) in [5.41, 5.74) is 17.8. The fraction of sp³-hybridized carbons (Fsp3) is 0.333. The average molecular weight is 458 g/mol. The zero-order valence-electron chi connectivity index (χ0n) is 16.2. The molecule has 0 unspecified atom stereocenters. The molecule has 0 aliphatic rings. The monoisotopic (exact) mass is 457 g/mol. The number of ether oxygens (including phenoxy) is 1. The molecule has 0 bridgehead atoms. The number of aryl methyl sites for hydroxylation is 1. The van der Waals surface area contributed by atoms with Crippen LogP contribution in [0.1, 0.15) is 28.9 Å². The fourth-order valence-corrected chi connectivity index (χ4v) is 2.55. The number of nitrogens with one attached hydrogen (secondary N) is 1. The molecule has 0 fully saturated rings. The number of guanidine groups is 1. The number of carbonyl (C=O) groups excluding carboxylic acids is 1. The molecule has 0 saturated heterocycles. The van der Waals surface area contributed by atoms with Crippen molar-refractivity contribution in [2.75, 3.05) is 31.2 Å². The predicted octanol–water partition coefficient (Wildman–Crippen LogP) is 1.15. The Morgan fingerprint density at radius 1 is 1.23 bits per heavy atom. The lowest BCUT2D eigenvalue weighted by Gasteiger charge is -2.08. The van der Waals surface area contributed by atoms with Crippen LogP contribution in [0.15, 0.2) is 29.3 Å². The maximum absolute atomic E-state index is 12.1. The van der Waals surface area contributed by atoms with Crippen LogP contribution in [0.5, 0.6) is 5.75 Å². The number of aliphatic hydroxyl groups is 1. The van der Waals surface area contributed by atoms with Crippen LogP contribution < -0.4 is 27.3 Å². The Morgan fingerprint density at radius 3 is 2.73 bits per heavy atom. The second-order valence-electron chi connectivity index (χ2n) is 6.03. The smallest absolute Gasteiger partial charge is 0.280 e. The third-order valence-electron chi connectivity index (χ3n) is 3.78. The lowest BCUT2D eigenvalue weighted by molar-refractivity contribution is 0.0972. The molecular weight excluding hydrogens is 433 g/mol. The number of aliphatic hydroxyl groups excluding tert-OH is 1. The molecule has 12 heteroatoms. The van der Waals surface area contributed by atoms with E-state index >= 15 is 0 Å². The number of hydrogen-bond donors (Lipinski definition) is 5. The van der Waals surface area contributed by atoms with Crippen molar-refractivity contribution in [3.63, 3.8) is 0 Å². The molecule has 0 saturated carbocycles. The van der Waals surface area contributed by atoms with Gasteiger partial charge in [-0.2, -0.15) is 0 Å². The molecule has 8 N–H and O–H groups in total. The third-order valence-corrected chi connectivity index (χ3v) is 4.05. The van der Waals surface area contributed by atoms with Crippen molar-refractivity contribution < 1.29 is 14.6 Å². The van der Waals surface area contributed by atoms with Crippen molar-refractivity contribution in [2.45, 2.75) is 19.3 Å². The van der Waals surface area contributed by atoms with Crippen LogP contribution in [0.4, 0.5) is 11.6 Å². The molecule has 0 aliphatic heterocycles. The van der Waals surface area contributed by atoms with Crippen LogP contribution in [0.2, 0.25) is 5.15 Å². The molecule has 1 aromatic heterocycles. The standard InChI is InChI=1S/C18H24ClN7O3.ClH/c19-14-16(21)25-15(20)13(24-14)17(28)26-18(22)23-7-2-1-4-11-5-3-6-12(10-11)29-9-8-27;/h3,5-6,10,27H,1-2,4,7-9H2,(H4,20,21,25)(H3,22,23,26,28);1H. The van der Waals surface area contributed by atoms with Gasteiger partial charge in [-0.05, 0) is 37.0 Å². The quantitative estimate of drug-likeness (QED) is 0.211. The first-order valence-corrected chi connectivity index (χ1v) is 9.31. The van der Waals surface area contributed by atoms with Crippen LogP contribution in [0.25, 0.3) is 0 Å². The van der Waals surface area contributed by atoms with Crippen molar-refractivity contribution in [3.8, 4) is 5.75 Å². The second kappa shape index (κ2) is 12.7. The van der Waals surface area contributed by atoms with Gasteiger partial charge in [0.1, 0.15) is 12.4 Å². The molecule has 0 atom stereocenters. The van der Waals surface area contributed by atoms with Crippen LogP contribution >= 0.6 is 24.0 Å². The molecule has 0 spiro atoms. The molecule has 1 heterocycles. The number of rotatable bonds is 9. The summed E-state index contributed by atoms with van der Waals surface area (Å²) in [4.78, 5) is 23.8. The number of unbranched alkanes of at least 4 members (excludes halogenated alkanes) is 1. The van der Waals surface area contributed by atoms with Gasteiger partial charge in [-0.25, -0.2) is 9.97 Å². The first-order valence-electron chi connectivity index (χ1n) is 8.93. The van der Waals surface area contributed by atoms with Gasteiger partial charge >= 0.3 is 0 Å². The van der Waals surface area contributed by atoms with Crippen LogP contribution in [0, 0.1) is 0 Å². The maximum Gasteiger partial charge on any atom is 0.280 e.